The van der Waals surface area contributed by atoms with Gasteiger partial charge in [-0.2, -0.15) is 4.31 Å². The number of amides is 1. The predicted octanol–water partition coefficient (Wildman–Crippen LogP) is 4.42. The second-order valence-electron chi connectivity index (χ2n) is 10.4. The molecule has 0 bridgehead atoms. The topological polar surface area (TPSA) is 73.8 Å². The summed E-state index contributed by atoms with van der Waals surface area (Å²) in [6.45, 7) is 6.56. The number of carbonyl (C=O) groups is 1. The third-order valence-corrected chi connectivity index (χ3v) is 9.42. The Kier molecular flexibility index (Phi) is 6.70. The van der Waals surface area contributed by atoms with Crippen LogP contribution in [0.25, 0.3) is 10.8 Å². The van der Waals surface area contributed by atoms with Gasteiger partial charge in [0.15, 0.2) is 0 Å². The number of sulfonamides is 1. The fourth-order valence-electron chi connectivity index (χ4n) is 5.36. The Hall–Kier alpha value is -2.68. The highest BCUT2D eigenvalue weighted by Crippen LogP contribution is 2.31. The van der Waals surface area contributed by atoms with Gasteiger partial charge in [-0.1, -0.05) is 23.7 Å². The summed E-state index contributed by atoms with van der Waals surface area (Å²) in [5, 5.41) is 2.27. The van der Waals surface area contributed by atoms with Crippen LogP contribution in [0.2, 0.25) is 5.02 Å². The molecule has 0 unspecified atom stereocenters. The Morgan fingerprint density at radius 2 is 1.67 bits per heavy atom. The highest BCUT2D eigenvalue weighted by atomic mass is 35.5. The molecule has 2 aliphatic heterocycles. The summed E-state index contributed by atoms with van der Waals surface area (Å²) in [5.74, 6) is 0.251. The van der Waals surface area contributed by atoms with E-state index in [-0.39, 0.29) is 23.9 Å². The van der Waals surface area contributed by atoms with Crippen LogP contribution in [0.5, 0.6) is 0 Å². The third-order valence-electron chi connectivity index (χ3n) is 7.40. The molecule has 0 atom stereocenters. The van der Waals surface area contributed by atoms with Gasteiger partial charge in [-0.25, -0.2) is 8.42 Å². The van der Waals surface area contributed by atoms with Crippen LogP contribution in [-0.4, -0.2) is 66.8 Å². The van der Waals surface area contributed by atoms with E-state index in [1.54, 1.807) is 30.3 Å². The van der Waals surface area contributed by atoms with Crippen LogP contribution >= 0.6 is 11.6 Å². The van der Waals surface area contributed by atoms with Crippen LogP contribution in [0, 0.1) is 5.92 Å². The second kappa shape index (κ2) is 9.65. The Bertz CT molecular complexity index is 1370. The van der Waals surface area contributed by atoms with E-state index in [1.807, 2.05) is 49.3 Å². The number of pyridine rings is 1. The maximum Gasteiger partial charge on any atom is 0.243 e. The fourth-order valence-corrected chi connectivity index (χ4v) is 7.12. The number of carbonyl (C=O) groups excluding carboxylic acids is 1. The standard InChI is InChI=1S/C27H31ClN4O3S/c1-27(2)19-31(36(34,35)25-6-4-21-15-23(28)5-3-22(21)16-25)18-26(33)32(27)17-20-9-13-30(14-10-20)24-7-11-29-12-8-24/h3-8,11-12,15-16,20H,9-10,13-14,17-19H2,1-2H3. The smallest absolute Gasteiger partial charge is 0.243 e. The zero-order valence-electron chi connectivity index (χ0n) is 20.6. The van der Waals surface area contributed by atoms with Crippen molar-refractivity contribution in [3.05, 3.63) is 65.9 Å². The molecular weight excluding hydrogens is 496 g/mol. The summed E-state index contributed by atoms with van der Waals surface area (Å²) < 4.78 is 28.4. The van der Waals surface area contributed by atoms with Gasteiger partial charge in [0.25, 0.3) is 0 Å². The number of anilines is 1. The molecule has 3 aromatic rings. The number of hydrogen-bond acceptors (Lipinski definition) is 5. The summed E-state index contributed by atoms with van der Waals surface area (Å²) in [6.07, 6.45) is 5.60. The van der Waals surface area contributed by atoms with E-state index in [9.17, 15) is 13.2 Å². The number of nitrogens with zero attached hydrogens (tertiary/aromatic N) is 4. The van der Waals surface area contributed by atoms with Gasteiger partial charge >= 0.3 is 0 Å². The Morgan fingerprint density at radius 1 is 1.00 bits per heavy atom. The maximum absolute atomic E-state index is 13.5. The monoisotopic (exact) mass is 526 g/mol. The number of hydrogen-bond donors (Lipinski definition) is 0. The van der Waals surface area contributed by atoms with Crippen molar-refractivity contribution in [1.82, 2.24) is 14.2 Å². The molecule has 2 aromatic carbocycles. The van der Waals surface area contributed by atoms with Crippen molar-refractivity contribution >= 4 is 44.0 Å². The zero-order valence-corrected chi connectivity index (χ0v) is 22.2. The van der Waals surface area contributed by atoms with Crippen molar-refractivity contribution in [1.29, 1.82) is 0 Å². The van der Waals surface area contributed by atoms with Crippen molar-refractivity contribution in [2.75, 3.05) is 37.6 Å². The van der Waals surface area contributed by atoms with Crippen LogP contribution in [0.3, 0.4) is 0 Å². The minimum absolute atomic E-state index is 0.139. The molecule has 0 saturated carbocycles. The van der Waals surface area contributed by atoms with Crippen LogP contribution in [0.4, 0.5) is 5.69 Å². The molecule has 2 saturated heterocycles. The SMILES string of the molecule is CC1(C)CN(S(=O)(=O)c2ccc3cc(Cl)ccc3c2)CC(=O)N1CC1CCN(c2ccncc2)CC1. The van der Waals surface area contributed by atoms with Gasteiger partial charge in [0.1, 0.15) is 0 Å². The van der Waals surface area contributed by atoms with E-state index in [2.05, 4.69) is 9.88 Å². The van der Waals surface area contributed by atoms with Gasteiger partial charge in [0, 0.05) is 49.3 Å². The third kappa shape index (κ3) is 4.94. The molecule has 9 heteroatoms. The van der Waals surface area contributed by atoms with Gasteiger partial charge in [-0.05, 0) is 79.8 Å². The first-order valence-corrected chi connectivity index (χ1v) is 14.1. The van der Waals surface area contributed by atoms with Gasteiger partial charge in [-0.3, -0.25) is 9.78 Å². The van der Waals surface area contributed by atoms with E-state index in [1.165, 1.54) is 9.99 Å². The molecule has 190 valence electrons. The molecule has 3 heterocycles. The average Bonchev–Trinajstić information content (AvgIpc) is 2.86. The van der Waals surface area contributed by atoms with E-state index in [0.29, 0.717) is 17.5 Å². The number of piperazine rings is 1. The number of benzene rings is 2. The van der Waals surface area contributed by atoms with Crippen LogP contribution in [0.1, 0.15) is 26.7 Å². The van der Waals surface area contributed by atoms with Crippen molar-refractivity contribution in [3.8, 4) is 0 Å². The molecule has 0 N–H and O–H groups in total. The molecule has 2 aliphatic rings. The summed E-state index contributed by atoms with van der Waals surface area (Å²) in [4.78, 5) is 21.8. The molecule has 1 aromatic heterocycles. The molecule has 1 amide bonds. The quantitative estimate of drug-likeness (QED) is 0.492. The van der Waals surface area contributed by atoms with E-state index in [0.717, 1.165) is 36.7 Å². The predicted molar refractivity (Wildman–Crippen MR) is 143 cm³/mol. The van der Waals surface area contributed by atoms with Crippen LogP contribution < -0.4 is 4.90 Å². The largest absolute Gasteiger partial charge is 0.371 e. The Labute approximate surface area is 217 Å². The van der Waals surface area contributed by atoms with E-state index in [4.69, 9.17) is 11.6 Å². The second-order valence-corrected chi connectivity index (χ2v) is 12.8. The molecule has 5 rings (SSSR count). The lowest BCUT2D eigenvalue weighted by molar-refractivity contribution is -0.143. The zero-order chi connectivity index (χ0) is 25.5. The lowest BCUT2D eigenvalue weighted by Gasteiger charge is -2.48. The lowest BCUT2D eigenvalue weighted by Crippen LogP contribution is -2.64. The highest BCUT2D eigenvalue weighted by Gasteiger charge is 2.44. The van der Waals surface area contributed by atoms with Crippen LogP contribution in [-0.2, 0) is 14.8 Å². The summed E-state index contributed by atoms with van der Waals surface area (Å²) >= 11 is 6.06. The Morgan fingerprint density at radius 3 is 2.36 bits per heavy atom. The summed E-state index contributed by atoms with van der Waals surface area (Å²) in [7, 11) is -3.82. The number of halogens is 1. The molecule has 36 heavy (non-hydrogen) atoms. The number of aromatic nitrogens is 1. The number of rotatable bonds is 5. The van der Waals surface area contributed by atoms with Crippen LogP contribution in [0.15, 0.2) is 65.8 Å². The lowest BCUT2D eigenvalue weighted by atomic mass is 9.92. The number of piperidine rings is 1. The van der Waals surface area contributed by atoms with Crippen molar-refractivity contribution < 1.29 is 13.2 Å². The fraction of sp³-hybridized carbons (Fsp3) is 0.407. The molecule has 0 aliphatic carbocycles. The first-order valence-electron chi connectivity index (χ1n) is 12.3. The van der Waals surface area contributed by atoms with E-state index < -0.39 is 15.6 Å². The summed E-state index contributed by atoms with van der Waals surface area (Å²) in [6, 6.07) is 14.4. The minimum Gasteiger partial charge on any atom is -0.371 e. The first kappa shape index (κ1) is 25.0. The molecule has 2 fully saturated rings. The van der Waals surface area contributed by atoms with Gasteiger partial charge < -0.3 is 9.80 Å². The Balaban J connectivity index is 1.27. The molecular formula is C27H31ClN4O3S. The van der Waals surface area contributed by atoms with E-state index >= 15 is 0 Å². The molecule has 7 nitrogen and oxygen atoms in total. The molecule has 0 radical (unpaired) electrons. The number of fused-ring (bicyclic) bond motifs is 1. The first-order chi connectivity index (χ1) is 17.1. The molecule has 0 spiro atoms. The average molecular weight is 527 g/mol. The van der Waals surface area contributed by atoms with Crippen molar-refractivity contribution in [2.24, 2.45) is 5.92 Å². The minimum atomic E-state index is -3.82. The van der Waals surface area contributed by atoms with Gasteiger partial charge in [0.2, 0.25) is 15.9 Å². The van der Waals surface area contributed by atoms with Gasteiger partial charge in [-0.15, -0.1) is 0 Å². The normalized spacial score (nSPS) is 19.7. The van der Waals surface area contributed by atoms with Gasteiger partial charge in [0.05, 0.1) is 17.0 Å². The van der Waals surface area contributed by atoms with Crippen molar-refractivity contribution in [3.63, 3.8) is 0 Å². The summed E-state index contributed by atoms with van der Waals surface area (Å²) in [5.41, 5.74) is 0.574. The maximum atomic E-state index is 13.5. The van der Waals surface area contributed by atoms with Crippen molar-refractivity contribution in [2.45, 2.75) is 37.1 Å². The highest BCUT2D eigenvalue weighted by molar-refractivity contribution is 7.89.